The Kier molecular flexibility index (Phi) is 3.63. The zero-order valence-corrected chi connectivity index (χ0v) is 8.08. The molecule has 0 saturated carbocycles. The number of nitrogens with one attached hydrogen (secondary N) is 1. The van der Waals surface area contributed by atoms with Gasteiger partial charge in [-0.3, -0.25) is 5.32 Å². The molecule has 0 bridgehead atoms. The molecule has 0 saturated heterocycles. The predicted molar refractivity (Wildman–Crippen MR) is 51.8 cm³/mol. The summed E-state index contributed by atoms with van der Waals surface area (Å²) >= 11 is 0. The standard InChI is InChI=1S/C10H9FN2O2/c1-2-15-10(14)13-9-4-3-7(6-12)5-8(9)11/h3-5H,2H2,1H3,(H,13,14). The molecule has 0 spiro atoms. The van der Waals surface area contributed by atoms with Crippen molar-refractivity contribution in [2.24, 2.45) is 0 Å². The van der Waals surface area contributed by atoms with E-state index < -0.39 is 11.9 Å². The lowest BCUT2D eigenvalue weighted by Crippen LogP contribution is -2.14. The molecule has 0 fully saturated rings. The average molecular weight is 208 g/mol. The van der Waals surface area contributed by atoms with Crippen LogP contribution >= 0.6 is 0 Å². The molecule has 0 aliphatic rings. The van der Waals surface area contributed by atoms with Gasteiger partial charge in [-0.2, -0.15) is 5.26 Å². The molecule has 1 rings (SSSR count). The number of amides is 1. The van der Waals surface area contributed by atoms with E-state index in [-0.39, 0.29) is 17.9 Å². The summed E-state index contributed by atoms with van der Waals surface area (Å²) in [5, 5.41) is 10.7. The van der Waals surface area contributed by atoms with Crippen LogP contribution in [-0.4, -0.2) is 12.7 Å². The first kappa shape index (κ1) is 11.0. The number of nitrogens with zero attached hydrogens (tertiary/aromatic N) is 1. The highest BCUT2D eigenvalue weighted by molar-refractivity contribution is 5.84. The van der Waals surface area contributed by atoms with Crippen molar-refractivity contribution in [3.05, 3.63) is 29.6 Å². The molecule has 0 aliphatic carbocycles. The second-order valence-electron chi connectivity index (χ2n) is 2.65. The summed E-state index contributed by atoms with van der Waals surface area (Å²) in [6.07, 6.45) is -0.721. The van der Waals surface area contributed by atoms with Crippen LogP contribution < -0.4 is 5.32 Å². The first-order chi connectivity index (χ1) is 7.17. The Balaban J connectivity index is 2.79. The second-order valence-corrected chi connectivity index (χ2v) is 2.65. The van der Waals surface area contributed by atoms with Gasteiger partial charge in [0.05, 0.1) is 23.9 Å². The van der Waals surface area contributed by atoms with Crippen LogP contribution in [0.3, 0.4) is 0 Å². The van der Waals surface area contributed by atoms with E-state index in [2.05, 4.69) is 10.1 Å². The van der Waals surface area contributed by atoms with Gasteiger partial charge in [-0.05, 0) is 25.1 Å². The summed E-state index contributed by atoms with van der Waals surface area (Å²) in [6.45, 7) is 1.86. The Hall–Kier alpha value is -2.09. The van der Waals surface area contributed by atoms with E-state index >= 15 is 0 Å². The summed E-state index contributed by atoms with van der Waals surface area (Å²) in [6, 6.07) is 5.55. The lowest BCUT2D eigenvalue weighted by Gasteiger charge is -2.05. The summed E-state index contributed by atoms with van der Waals surface area (Å²) in [4.78, 5) is 11.0. The lowest BCUT2D eigenvalue weighted by atomic mass is 10.2. The van der Waals surface area contributed by atoms with E-state index in [0.29, 0.717) is 0 Å². The third-order valence-electron chi connectivity index (χ3n) is 1.61. The summed E-state index contributed by atoms with van der Waals surface area (Å²) in [5.74, 6) is -0.665. The number of benzene rings is 1. The van der Waals surface area contributed by atoms with E-state index in [4.69, 9.17) is 5.26 Å². The van der Waals surface area contributed by atoms with E-state index in [9.17, 15) is 9.18 Å². The number of hydrogen-bond acceptors (Lipinski definition) is 3. The number of ether oxygens (including phenoxy) is 1. The molecule has 1 amide bonds. The van der Waals surface area contributed by atoms with Crippen LogP contribution in [0.4, 0.5) is 14.9 Å². The van der Waals surface area contributed by atoms with E-state index in [1.54, 1.807) is 13.0 Å². The summed E-state index contributed by atoms with van der Waals surface area (Å²) in [7, 11) is 0. The number of carbonyl (C=O) groups excluding carboxylic acids is 1. The minimum absolute atomic E-state index is 0.00699. The Morgan fingerprint density at radius 3 is 2.93 bits per heavy atom. The van der Waals surface area contributed by atoms with Crippen molar-refractivity contribution in [1.82, 2.24) is 0 Å². The molecule has 0 heterocycles. The number of hydrogen-bond donors (Lipinski definition) is 1. The van der Waals surface area contributed by atoms with Crippen LogP contribution in [-0.2, 0) is 4.74 Å². The molecule has 0 aromatic heterocycles. The number of carbonyl (C=O) groups is 1. The minimum atomic E-state index is -0.721. The van der Waals surface area contributed by atoms with Gasteiger partial charge >= 0.3 is 6.09 Å². The third kappa shape index (κ3) is 2.95. The van der Waals surface area contributed by atoms with Crippen LogP contribution in [0.15, 0.2) is 18.2 Å². The van der Waals surface area contributed by atoms with Gasteiger partial charge < -0.3 is 4.74 Å². The van der Waals surface area contributed by atoms with Crippen molar-refractivity contribution in [3.63, 3.8) is 0 Å². The summed E-state index contributed by atoms with van der Waals surface area (Å²) < 4.78 is 17.8. The molecule has 1 aromatic rings. The topological polar surface area (TPSA) is 62.1 Å². The fourth-order valence-electron chi connectivity index (χ4n) is 0.963. The first-order valence-corrected chi connectivity index (χ1v) is 4.30. The molecule has 1 N–H and O–H groups in total. The molecule has 78 valence electrons. The molecule has 1 aromatic carbocycles. The van der Waals surface area contributed by atoms with Gasteiger partial charge in [0.15, 0.2) is 0 Å². The zero-order valence-electron chi connectivity index (χ0n) is 8.08. The fraction of sp³-hybridized carbons (Fsp3) is 0.200. The van der Waals surface area contributed by atoms with Crippen molar-refractivity contribution < 1.29 is 13.9 Å². The van der Waals surface area contributed by atoms with Gasteiger partial charge in [-0.25, -0.2) is 9.18 Å². The van der Waals surface area contributed by atoms with Gasteiger partial charge in [0.2, 0.25) is 0 Å². The largest absolute Gasteiger partial charge is 0.450 e. The van der Waals surface area contributed by atoms with Crippen LogP contribution in [0.2, 0.25) is 0 Å². The van der Waals surface area contributed by atoms with Gasteiger partial charge in [-0.15, -0.1) is 0 Å². The smallest absolute Gasteiger partial charge is 0.411 e. The molecule has 0 aliphatic heterocycles. The highest BCUT2D eigenvalue weighted by atomic mass is 19.1. The Morgan fingerprint density at radius 2 is 2.40 bits per heavy atom. The van der Waals surface area contributed by atoms with Gasteiger partial charge in [-0.1, -0.05) is 0 Å². The van der Waals surface area contributed by atoms with E-state index in [1.807, 2.05) is 0 Å². The second kappa shape index (κ2) is 4.96. The zero-order chi connectivity index (χ0) is 11.3. The number of anilines is 1. The monoisotopic (exact) mass is 208 g/mol. The third-order valence-corrected chi connectivity index (χ3v) is 1.61. The number of rotatable bonds is 2. The number of nitriles is 1. The van der Waals surface area contributed by atoms with Crippen LogP contribution in [0.1, 0.15) is 12.5 Å². The fourth-order valence-corrected chi connectivity index (χ4v) is 0.963. The van der Waals surface area contributed by atoms with Gasteiger partial charge in [0, 0.05) is 0 Å². The Labute approximate surface area is 86.3 Å². The molecular weight excluding hydrogens is 199 g/mol. The van der Waals surface area contributed by atoms with E-state index in [0.717, 1.165) is 6.07 Å². The van der Waals surface area contributed by atoms with E-state index in [1.165, 1.54) is 12.1 Å². The first-order valence-electron chi connectivity index (χ1n) is 4.30. The number of halogens is 1. The van der Waals surface area contributed by atoms with Gasteiger partial charge in [0.1, 0.15) is 5.82 Å². The normalized spacial score (nSPS) is 9.13. The molecule has 0 atom stereocenters. The van der Waals surface area contributed by atoms with Gasteiger partial charge in [0.25, 0.3) is 0 Å². The SMILES string of the molecule is CCOC(=O)Nc1ccc(C#N)cc1F. The minimum Gasteiger partial charge on any atom is -0.450 e. The maximum Gasteiger partial charge on any atom is 0.411 e. The van der Waals surface area contributed by atoms with Crippen molar-refractivity contribution in [3.8, 4) is 6.07 Å². The predicted octanol–water partition coefficient (Wildman–Crippen LogP) is 2.27. The van der Waals surface area contributed by atoms with Crippen molar-refractivity contribution in [2.75, 3.05) is 11.9 Å². The van der Waals surface area contributed by atoms with Crippen LogP contribution in [0.25, 0.3) is 0 Å². The van der Waals surface area contributed by atoms with Crippen molar-refractivity contribution in [2.45, 2.75) is 6.92 Å². The maximum atomic E-state index is 13.2. The highest BCUT2D eigenvalue weighted by Gasteiger charge is 2.07. The molecule has 4 nitrogen and oxygen atoms in total. The lowest BCUT2D eigenvalue weighted by molar-refractivity contribution is 0.168. The highest BCUT2D eigenvalue weighted by Crippen LogP contribution is 2.15. The summed E-state index contributed by atoms with van der Waals surface area (Å²) in [5.41, 5.74) is 0.189. The molecule has 0 radical (unpaired) electrons. The quantitative estimate of drug-likeness (QED) is 0.810. The molecular formula is C10H9FN2O2. The molecule has 5 heteroatoms. The molecule has 15 heavy (non-hydrogen) atoms. The molecule has 0 unspecified atom stereocenters. The van der Waals surface area contributed by atoms with Crippen LogP contribution in [0.5, 0.6) is 0 Å². The van der Waals surface area contributed by atoms with Crippen LogP contribution in [0, 0.1) is 17.1 Å². The van der Waals surface area contributed by atoms with Crippen molar-refractivity contribution in [1.29, 1.82) is 5.26 Å². The maximum absolute atomic E-state index is 13.2. The average Bonchev–Trinajstić information content (AvgIpc) is 2.21. The Morgan fingerprint density at radius 1 is 1.67 bits per heavy atom. The van der Waals surface area contributed by atoms with Crippen molar-refractivity contribution >= 4 is 11.8 Å². The Bertz CT molecular complexity index is 412.